The summed E-state index contributed by atoms with van der Waals surface area (Å²) in [6, 6.07) is 17.7. The van der Waals surface area contributed by atoms with Gasteiger partial charge in [0.15, 0.2) is 0 Å². The zero-order valence-corrected chi connectivity index (χ0v) is 35.7. The van der Waals surface area contributed by atoms with Gasteiger partial charge in [-0.05, 0) is 67.8 Å². The number of anilines is 2. The first-order valence-corrected chi connectivity index (χ1v) is 22.2. The Morgan fingerprint density at radius 2 is 1.60 bits per heavy atom. The quantitative estimate of drug-likeness (QED) is 0.0532. The maximum absolute atomic E-state index is 13.1. The fourth-order valence-electron chi connectivity index (χ4n) is 8.16. The first kappa shape index (κ1) is 43.9. The predicted molar refractivity (Wildman–Crippen MR) is 235 cm³/mol. The molecule has 8 rings (SSSR count). The van der Waals surface area contributed by atoms with E-state index in [1.807, 2.05) is 40.9 Å². The summed E-state index contributed by atoms with van der Waals surface area (Å²) in [4.78, 5) is 68.5. The molecule has 4 N–H and O–H groups in total. The molecule has 6 heterocycles. The van der Waals surface area contributed by atoms with Gasteiger partial charge in [-0.2, -0.15) is 0 Å². The summed E-state index contributed by atoms with van der Waals surface area (Å²) in [6.07, 6.45) is 7.78. The molecule has 0 aliphatic carbocycles. The van der Waals surface area contributed by atoms with Gasteiger partial charge >= 0.3 is 0 Å². The number of nitrogen functional groups attached to an aromatic ring is 1. The van der Waals surface area contributed by atoms with E-state index >= 15 is 0 Å². The van der Waals surface area contributed by atoms with E-state index in [4.69, 9.17) is 29.7 Å². The summed E-state index contributed by atoms with van der Waals surface area (Å²) in [7, 11) is 0. The third-order valence-corrected chi connectivity index (χ3v) is 12.3. The van der Waals surface area contributed by atoms with Gasteiger partial charge in [-0.15, -0.1) is 11.8 Å². The molecule has 5 aromatic rings. The number of benzene rings is 2. The van der Waals surface area contributed by atoms with E-state index in [9.17, 15) is 19.2 Å². The Balaban J connectivity index is 0.700. The fourth-order valence-corrected chi connectivity index (χ4v) is 9.11. The van der Waals surface area contributed by atoms with Crippen LogP contribution < -0.4 is 16.4 Å². The Kier molecular flexibility index (Phi) is 14.7. The number of nitrogens with zero attached hydrogens (tertiary/aromatic N) is 6. The van der Waals surface area contributed by atoms with Crippen LogP contribution >= 0.6 is 11.8 Å². The van der Waals surface area contributed by atoms with Gasteiger partial charge in [0.05, 0.1) is 58.9 Å². The van der Waals surface area contributed by atoms with Gasteiger partial charge in [-0.3, -0.25) is 33.8 Å². The topological polar surface area (TPSA) is 205 Å². The lowest BCUT2D eigenvalue weighted by Crippen LogP contribution is -2.52. The molecule has 17 nitrogen and oxygen atoms in total. The Bertz CT molecular complexity index is 2400. The minimum Gasteiger partial charge on any atom is -0.382 e. The average Bonchev–Trinajstić information content (AvgIpc) is 4.01. The SMILES string of the molecule is Nc1nccn2c([C@@H]3CCCN3CCOCCOCCOCCOCCSc3cccc4c3CN(C3CCC(=O)NC3=O)C4=O)nc(-c3ccc(C(=O)Nc4ccccn4)cc3)c12. The minimum absolute atomic E-state index is 0.0765. The maximum atomic E-state index is 13.1. The van der Waals surface area contributed by atoms with Crippen LogP contribution in [0.4, 0.5) is 11.6 Å². The second-order valence-corrected chi connectivity index (χ2v) is 16.4. The summed E-state index contributed by atoms with van der Waals surface area (Å²) in [5, 5.41) is 5.16. The number of rotatable bonds is 21. The lowest BCUT2D eigenvalue weighted by Gasteiger charge is -2.29. The molecule has 330 valence electrons. The van der Waals surface area contributed by atoms with Gasteiger partial charge in [0.2, 0.25) is 11.8 Å². The second-order valence-electron chi connectivity index (χ2n) is 15.3. The van der Waals surface area contributed by atoms with Crippen molar-refractivity contribution < 1.29 is 38.1 Å². The molecule has 2 fully saturated rings. The Morgan fingerprint density at radius 3 is 2.35 bits per heavy atom. The zero-order chi connectivity index (χ0) is 43.5. The maximum Gasteiger partial charge on any atom is 0.256 e. The molecule has 0 radical (unpaired) electrons. The predicted octanol–water partition coefficient (Wildman–Crippen LogP) is 4.38. The van der Waals surface area contributed by atoms with Gasteiger partial charge < -0.3 is 34.9 Å². The highest BCUT2D eigenvalue weighted by Gasteiger charge is 2.40. The van der Waals surface area contributed by atoms with Gasteiger partial charge in [0.25, 0.3) is 11.8 Å². The standard InChI is InChI=1S/C45H51N9O8S/c46-41-40-39(30-9-11-31(12-10-30)43(56)49-37-8-1-2-15-47-37)51-42(53(40)18-16-48-41)34-6-4-17-52(34)19-20-59-21-22-60-23-24-61-25-26-62-27-28-63-36-7-3-5-32-33(36)29-54(45(32)58)35-13-14-38(55)50-44(35)57/h1-3,5,7-12,15-16,18,34-35H,4,6,13-14,17,19-29H2,(H2,46,48)(H,47,49,56)(H,50,55,57)/t34-,35?/m0/s1. The van der Waals surface area contributed by atoms with Crippen LogP contribution in [0, 0.1) is 0 Å². The molecule has 63 heavy (non-hydrogen) atoms. The molecule has 2 saturated heterocycles. The molecular weight excluding hydrogens is 827 g/mol. The number of piperidine rings is 1. The lowest BCUT2D eigenvalue weighted by molar-refractivity contribution is -0.136. The lowest BCUT2D eigenvalue weighted by atomic mass is 10.0. The van der Waals surface area contributed by atoms with Crippen molar-refractivity contribution in [3.05, 3.63) is 102 Å². The van der Waals surface area contributed by atoms with E-state index < -0.39 is 11.9 Å². The van der Waals surface area contributed by atoms with Crippen LogP contribution in [-0.2, 0) is 35.1 Å². The van der Waals surface area contributed by atoms with Gasteiger partial charge in [0.1, 0.15) is 34.7 Å². The van der Waals surface area contributed by atoms with Gasteiger partial charge in [-0.25, -0.2) is 15.0 Å². The summed E-state index contributed by atoms with van der Waals surface area (Å²) in [5.74, 6) is 1.33. The number of amides is 4. The van der Waals surface area contributed by atoms with Crippen LogP contribution in [0.5, 0.6) is 0 Å². The number of hydrogen-bond donors (Lipinski definition) is 3. The first-order chi connectivity index (χ1) is 30.9. The van der Waals surface area contributed by atoms with E-state index in [0.29, 0.717) is 100 Å². The van der Waals surface area contributed by atoms with Crippen molar-refractivity contribution in [2.75, 3.05) is 82.7 Å². The molecule has 4 amide bonds. The number of imide groups is 1. The fraction of sp³-hybridized carbons (Fsp3) is 0.400. The Labute approximate surface area is 369 Å². The highest BCUT2D eigenvalue weighted by molar-refractivity contribution is 7.99. The zero-order valence-electron chi connectivity index (χ0n) is 34.9. The molecule has 2 aromatic carbocycles. The molecule has 0 saturated carbocycles. The van der Waals surface area contributed by atoms with Gasteiger partial charge in [0, 0.05) is 65.4 Å². The molecular formula is C45H51N9O8S. The number of likely N-dealkylation sites (tertiary alicyclic amines) is 1. The third kappa shape index (κ3) is 10.5. The van der Waals surface area contributed by atoms with Crippen LogP contribution in [0.1, 0.15) is 63.8 Å². The van der Waals surface area contributed by atoms with Crippen molar-refractivity contribution in [1.29, 1.82) is 0 Å². The van der Waals surface area contributed by atoms with Crippen LogP contribution in [-0.4, -0.2) is 131 Å². The average molecular weight is 878 g/mol. The number of nitrogens with two attached hydrogens (primary N) is 1. The number of carbonyl (C=O) groups excluding carboxylic acids is 4. The molecule has 0 bridgehead atoms. The molecule has 18 heteroatoms. The first-order valence-electron chi connectivity index (χ1n) is 21.3. The van der Waals surface area contributed by atoms with Crippen LogP contribution in [0.25, 0.3) is 16.8 Å². The molecule has 0 spiro atoms. The summed E-state index contributed by atoms with van der Waals surface area (Å²) >= 11 is 1.61. The van der Waals surface area contributed by atoms with E-state index in [2.05, 4.69) is 25.5 Å². The number of pyridine rings is 1. The molecule has 3 aromatic heterocycles. The highest BCUT2D eigenvalue weighted by atomic mass is 32.2. The van der Waals surface area contributed by atoms with Crippen molar-refractivity contribution in [3.8, 4) is 11.3 Å². The monoisotopic (exact) mass is 877 g/mol. The van der Waals surface area contributed by atoms with Crippen LogP contribution in [0.15, 0.2) is 84.1 Å². The van der Waals surface area contributed by atoms with Crippen molar-refractivity contribution in [2.45, 2.75) is 49.2 Å². The molecule has 1 unspecified atom stereocenters. The third-order valence-electron chi connectivity index (χ3n) is 11.3. The number of hydrogen-bond acceptors (Lipinski definition) is 14. The number of thioether (sulfide) groups is 1. The van der Waals surface area contributed by atoms with Gasteiger partial charge in [-0.1, -0.05) is 24.3 Å². The number of ether oxygens (including phenoxy) is 4. The van der Waals surface area contributed by atoms with Crippen molar-refractivity contribution in [2.24, 2.45) is 0 Å². The molecule has 3 aliphatic rings. The minimum atomic E-state index is -0.630. The largest absolute Gasteiger partial charge is 0.382 e. The van der Waals surface area contributed by atoms with E-state index in [1.165, 1.54) is 0 Å². The van der Waals surface area contributed by atoms with Crippen LogP contribution in [0.3, 0.4) is 0 Å². The number of aromatic nitrogens is 4. The number of nitrogens with one attached hydrogen (secondary N) is 2. The smallest absolute Gasteiger partial charge is 0.256 e. The molecule has 2 atom stereocenters. The number of fused-ring (bicyclic) bond motifs is 2. The second kappa shape index (κ2) is 21.1. The Morgan fingerprint density at radius 1 is 0.841 bits per heavy atom. The number of carbonyl (C=O) groups is 4. The summed E-state index contributed by atoms with van der Waals surface area (Å²) < 4.78 is 25.1. The highest BCUT2D eigenvalue weighted by Crippen LogP contribution is 2.37. The van der Waals surface area contributed by atoms with Crippen molar-refractivity contribution in [3.63, 3.8) is 0 Å². The van der Waals surface area contributed by atoms with E-state index in [-0.39, 0.29) is 30.2 Å². The van der Waals surface area contributed by atoms with E-state index in [0.717, 1.165) is 53.3 Å². The Hall–Kier alpha value is -5.76. The normalized spacial score (nSPS) is 17.7. The summed E-state index contributed by atoms with van der Waals surface area (Å²) in [5.41, 5.74) is 10.7. The van der Waals surface area contributed by atoms with E-state index in [1.54, 1.807) is 59.4 Å². The van der Waals surface area contributed by atoms with Crippen molar-refractivity contribution >= 4 is 52.5 Å². The van der Waals surface area contributed by atoms with Crippen molar-refractivity contribution in [1.82, 2.24) is 34.5 Å². The number of imidazole rings is 1. The summed E-state index contributed by atoms with van der Waals surface area (Å²) in [6.45, 7) is 5.85. The van der Waals surface area contributed by atoms with Crippen LogP contribution in [0.2, 0.25) is 0 Å². The molecule has 3 aliphatic heterocycles.